The van der Waals surface area contributed by atoms with Gasteiger partial charge in [-0.25, -0.2) is 0 Å². The summed E-state index contributed by atoms with van der Waals surface area (Å²) < 4.78 is 3.00. The van der Waals surface area contributed by atoms with Crippen LogP contribution in [0.3, 0.4) is 0 Å². The zero-order valence-corrected chi connectivity index (χ0v) is 13.0. The molecule has 1 heterocycles. The minimum atomic E-state index is -0.684. The quantitative estimate of drug-likeness (QED) is 0.906. The van der Waals surface area contributed by atoms with Crippen LogP contribution in [0.5, 0.6) is 0 Å². The molecule has 4 heteroatoms. The van der Waals surface area contributed by atoms with Gasteiger partial charge in [0.1, 0.15) is 0 Å². The molecule has 2 atom stereocenters. The Labute approximate surface area is 112 Å². The van der Waals surface area contributed by atoms with Crippen LogP contribution >= 0.6 is 15.9 Å². The summed E-state index contributed by atoms with van der Waals surface area (Å²) in [5.74, 6) is 0.273. The van der Waals surface area contributed by atoms with Crippen molar-refractivity contribution in [1.82, 2.24) is 9.78 Å². The van der Waals surface area contributed by atoms with Gasteiger partial charge in [0, 0.05) is 13.0 Å². The van der Waals surface area contributed by atoms with Crippen molar-refractivity contribution < 1.29 is 5.11 Å². The number of halogens is 1. The molecule has 0 fully saturated rings. The van der Waals surface area contributed by atoms with Crippen molar-refractivity contribution in [3.63, 3.8) is 0 Å². The first-order chi connectivity index (χ1) is 7.83. The van der Waals surface area contributed by atoms with Gasteiger partial charge in [0.25, 0.3) is 0 Å². The van der Waals surface area contributed by atoms with Gasteiger partial charge in [-0.1, -0.05) is 20.3 Å². The van der Waals surface area contributed by atoms with Crippen LogP contribution in [0.2, 0.25) is 0 Å². The Bertz CT molecular complexity index is 385. The van der Waals surface area contributed by atoms with E-state index < -0.39 is 5.60 Å². The summed E-state index contributed by atoms with van der Waals surface area (Å²) in [5, 5.41) is 15.0. The van der Waals surface area contributed by atoms with Crippen molar-refractivity contribution in [3.05, 3.63) is 15.9 Å². The number of nitrogens with zero attached hydrogens (tertiary/aromatic N) is 2. The number of hydrogen-bond donors (Lipinski definition) is 1. The van der Waals surface area contributed by atoms with Crippen LogP contribution in [0.25, 0.3) is 0 Å². The average molecular weight is 303 g/mol. The summed E-state index contributed by atoms with van der Waals surface area (Å²) in [5.41, 5.74) is 1.40. The van der Waals surface area contributed by atoms with E-state index in [1.165, 1.54) is 0 Å². The number of rotatable bonds is 5. The smallest absolute Gasteiger partial charge is 0.0738 e. The number of aryl methyl sites for hydroxylation is 2. The van der Waals surface area contributed by atoms with E-state index in [0.717, 1.165) is 28.8 Å². The molecule has 17 heavy (non-hydrogen) atoms. The van der Waals surface area contributed by atoms with Gasteiger partial charge in [-0.15, -0.1) is 0 Å². The van der Waals surface area contributed by atoms with Gasteiger partial charge in [-0.3, -0.25) is 4.68 Å². The van der Waals surface area contributed by atoms with Crippen LogP contribution in [-0.2, 0) is 13.0 Å². The number of aliphatic hydroxyl groups is 1. The summed E-state index contributed by atoms with van der Waals surface area (Å²) in [6.07, 6.45) is 1.61. The van der Waals surface area contributed by atoms with Crippen LogP contribution in [0.15, 0.2) is 4.47 Å². The van der Waals surface area contributed by atoms with E-state index in [9.17, 15) is 5.11 Å². The second-order valence-electron chi connectivity index (χ2n) is 5.01. The standard InChI is InChI=1S/C13H23BrN2O/c1-6-9(3)13(5,17)8-11-12(14)10(4)15-16(11)7-2/h9,17H,6-8H2,1-5H3. The van der Waals surface area contributed by atoms with E-state index in [-0.39, 0.29) is 5.92 Å². The van der Waals surface area contributed by atoms with Gasteiger partial charge in [0.2, 0.25) is 0 Å². The summed E-state index contributed by atoms with van der Waals surface area (Å²) in [6.45, 7) is 11.0. The Hall–Kier alpha value is -0.350. The molecule has 0 aromatic carbocycles. The molecular weight excluding hydrogens is 280 g/mol. The van der Waals surface area contributed by atoms with E-state index >= 15 is 0 Å². The maximum atomic E-state index is 10.5. The van der Waals surface area contributed by atoms with Crippen molar-refractivity contribution >= 4 is 15.9 Å². The van der Waals surface area contributed by atoms with Gasteiger partial charge in [0.15, 0.2) is 0 Å². The normalized spacial score (nSPS) is 16.9. The summed E-state index contributed by atoms with van der Waals surface area (Å²) in [6, 6.07) is 0. The lowest BCUT2D eigenvalue weighted by atomic mass is 9.85. The second-order valence-corrected chi connectivity index (χ2v) is 5.80. The van der Waals surface area contributed by atoms with Crippen molar-refractivity contribution in [3.8, 4) is 0 Å². The fourth-order valence-electron chi connectivity index (χ4n) is 1.99. The monoisotopic (exact) mass is 302 g/mol. The van der Waals surface area contributed by atoms with E-state index in [0.29, 0.717) is 6.42 Å². The molecule has 0 amide bonds. The highest BCUT2D eigenvalue weighted by molar-refractivity contribution is 9.10. The van der Waals surface area contributed by atoms with Crippen molar-refractivity contribution in [2.24, 2.45) is 5.92 Å². The largest absolute Gasteiger partial charge is 0.389 e. The lowest BCUT2D eigenvalue weighted by molar-refractivity contribution is 0.00329. The van der Waals surface area contributed by atoms with Crippen LogP contribution in [-0.4, -0.2) is 20.5 Å². The third-order valence-corrected chi connectivity index (χ3v) is 4.68. The van der Waals surface area contributed by atoms with E-state index in [4.69, 9.17) is 0 Å². The van der Waals surface area contributed by atoms with Crippen molar-refractivity contribution in [2.75, 3.05) is 0 Å². The molecule has 0 aliphatic carbocycles. The molecule has 0 bridgehead atoms. The first kappa shape index (κ1) is 14.7. The zero-order valence-electron chi connectivity index (χ0n) is 11.4. The number of hydrogen-bond acceptors (Lipinski definition) is 2. The van der Waals surface area contributed by atoms with Crippen LogP contribution in [0.1, 0.15) is 45.5 Å². The predicted molar refractivity (Wildman–Crippen MR) is 74.1 cm³/mol. The Morgan fingerprint density at radius 3 is 2.53 bits per heavy atom. The minimum absolute atomic E-state index is 0.273. The molecule has 98 valence electrons. The van der Waals surface area contributed by atoms with Crippen molar-refractivity contribution in [1.29, 1.82) is 0 Å². The Kier molecular flexibility index (Phi) is 4.78. The summed E-state index contributed by atoms with van der Waals surface area (Å²) >= 11 is 3.57. The Morgan fingerprint density at radius 1 is 1.47 bits per heavy atom. The van der Waals surface area contributed by atoms with Gasteiger partial charge in [0.05, 0.1) is 21.5 Å². The van der Waals surface area contributed by atoms with Crippen molar-refractivity contribution in [2.45, 2.75) is 59.6 Å². The molecule has 0 saturated heterocycles. The molecule has 0 aliphatic rings. The van der Waals surface area contributed by atoms with E-state index in [2.05, 4.69) is 41.8 Å². The lowest BCUT2D eigenvalue weighted by Gasteiger charge is -2.30. The fraction of sp³-hybridized carbons (Fsp3) is 0.769. The second kappa shape index (κ2) is 5.53. The molecule has 2 unspecified atom stereocenters. The fourth-order valence-corrected chi connectivity index (χ4v) is 2.42. The molecule has 1 N–H and O–H groups in total. The van der Waals surface area contributed by atoms with E-state index in [1.807, 2.05) is 18.5 Å². The topological polar surface area (TPSA) is 38.1 Å². The maximum absolute atomic E-state index is 10.5. The van der Waals surface area contributed by atoms with Gasteiger partial charge < -0.3 is 5.11 Å². The predicted octanol–water partition coefficient (Wildman–Crippen LogP) is 3.31. The first-order valence-corrected chi connectivity index (χ1v) is 7.06. The van der Waals surface area contributed by atoms with E-state index in [1.54, 1.807) is 0 Å². The first-order valence-electron chi connectivity index (χ1n) is 6.27. The van der Waals surface area contributed by atoms with Crippen LogP contribution in [0.4, 0.5) is 0 Å². The summed E-state index contributed by atoms with van der Waals surface area (Å²) in [7, 11) is 0. The molecule has 1 aromatic rings. The average Bonchev–Trinajstić information content (AvgIpc) is 2.55. The number of aromatic nitrogens is 2. The molecule has 0 aliphatic heterocycles. The molecule has 1 rings (SSSR count). The SMILES string of the molecule is CCC(C)C(C)(O)Cc1c(Br)c(C)nn1CC. The highest BCUT2D eigenvalue weighted by atomic mass is 79.9. The molecule has 0 spiro atoms. The maximum Gasteiger partial charge on any atom is 0.0738 e. The highest BCUT2D eigenvalue weighted by Gasteiger charge is 2.30. The zero-order chi connectivity index (χ0) is 13.2. The minimum Gasteiger partial charge on any atom is -0.389 e. The third kappa shape index (κ3) is 3.10. The van der Waals surface area contributed by atoms with Gasteiger partial charge >= 0.3 is 0 Å². The highest BCUT2D eigenvalue weighted by Crippen LogP contribution is 2.29. The van der Waals surface area contributed by atoms with Gasteiger partial charge in [-0.05, 0) is 42.6 Å². The molecule has 3 nitrogen and oxygen atoms in total. The lowest BCUT2D eigenvalue weighted by Crippen LogP contribution is -2.35. The molecule has 0 saturated carbocycles. The molecule has 0 radical (unpaired) electrons. The van der Waals surface area contributed by atoms with Crippen LogP contribution < -0.4 is 0 Å². The third-order valence-electron chi connectivity index (χ3n) is 3.65. The Morgan fingerprint density at radius 2 is 2.06 bits per heavy atom. The molecular formula is C13H23BrN2O. The molecule has 1 aromatic heterocycles. The summed E-state index contributed by atoms with van der Waals surface area (Å²) in [4.78, 5) is 0. The van der Waals surface area contributed by atoms with Gasteiger partial charge in [-0.2, -0.15) is 5.10 Å². The Balaban J connectivity index is 3.02. The van der Waals surface area contributed by atoms with Crippen LogP contribution in [0, 0.1) is 12.8 Å².